The second-order valence-electron chi connectivity index (χ2n) is 4.81. The molecular weight excluding hydrogens is 290 g/mol. The van der Waals surface area contributed by atoms with Crippen molar-refractivity contribution >= 4 is 22.9 Å². The van der Waals surface area contributed by atoms with Gasteiger partial charge in [0.1, 0.15) is 10.0 Å². The predicted molar refractivity (Wildman–Crippen MR) is 86.6 cm³/mol. The summed E-state index contributed by atoms with van der Waals surface area (Å²) in [5, 5.41) is 14.8. The van der Waals surface area contributed by atoms with Gasteiger partial charge in [-0.3, -0.25) is 0 Å². The predicted octanol–water partition coefficient (Wildman–Crippen LogP) is 4.10. The third-order valence-electron chi connectivity index (χ3n) is 3.07. The van der Waals surface area contributed by atoms with Gasteiger partial charge in [-0.05, 0) is 50.6 Å². The van der Waals surface area contributed by atoms with Crippen molar-refractivity contribution in [2.45, 2.75) is 33.1 Å². The fourth-order valence-corrected chi connectivity index (χ4v) is 3.09. The zero-order valence-electron chi connectivity index (χ0n) is 11.9. The largest absolute Gasteiger partial charge is 0.317 e. The van der Waals surface area contributed by atoms with E-state index >= 15 is 0 Å². The molecule has 1 aromatic carbocycles. The molecule has 2 rings (SSSR count). The van der Waals surface area contributed by atoms with E-state index in [1.54, 1.807) is 11.3 Å². The molecule has 1 aromatic heterocycles. The normalized spacial score (nSPS) is 10.9. The summed E-state index contributed by atoms with van der Waals surface area (Å²) in [4.78, 5) is 0. The molecule has 0 radical (unpaired) electrons. The van der Waals surface area contributed by atoms with Crippen molar-refractivity contribution < 1.29 is 0 Å². The Morgan fingerprint density at radius 1 is 1.25 bits per heavy atom. The Balaban J connectivity index is 1.96. The van der Waals surface area contributed by atoms with Gasteiger partial charge in [0, 0.05) is 17.0 Å². The first kappa shape index (κ1) is 15.4. The highest BCUT2D eigenvalue weighted by Crippen LogP contribution is 2.29. The molecule has 0 aliphatic carbocycles. The molecule has 0 saturated heterocycles. The molecule has 5 heteroatoms. The topological polar surface area (TPSA) is 37.8 Å². The Bertz CT molecular complexity index is 554. The van der Waals surface area contributed by atoms with Gasteiger partial charge in [-0.2, -0.15) is 0 Å². The van der Waals surface area contributed by atoms with E-state index in [1.165, 1.54) is 12.0 Å². The molecule has 0 fully saturated rings. The minimum atomic E-state index is 0.742. The SMILES string of the molecule is CCCNCCCc1nnc(-c2cc(Cl)ccc2C)s1. The fraction of sp³-hybridized carbons (Fsp3) is 0.467. The number of benzene rings is 1. The van der Waals surface area contributed by atoms with Gasteiger partial charge in [-0.25, -0.2) is 0 Å². The van der Waals surface area contributed by atoms with E-state index in [0.717, 1.165) is 46.5 Å². The Morgan fingerprint density at radius 2 is 2.10 bits per heavy atom. The van der Waals surface area contributed by atoms with Crippen molar-refractivity contribution in [3.8, 4) is 10.6 Å². The van der Waals surface area contributed by atoms with Crippen LogP contribution in [0.4, 0.5) is 0 Å². The number of halogens is 1. The van der Waals surface area contributed by atoms with Gasteiger partial charge < -0.3 is 5.32 Å². The van der Waals surface area contributed by atoms with Crippen LogP contribution in [0.2, 0.25) is 5.02 Å². The van der Waals surface area contributed by atoms with E-state index < -0.39 is 0 Å². The van der Waals surface area contributed by atoms with E-state index in [9.17, 15) is 0 Å². The minimum absolute atomic E-state index is 0.742. The molecule has 0 bridgehead atoms. The monoisotopic (exact) mass is 309 g/mol. The molecule has 0 aliphatic heterocycles. The molecule has 0 aliphatic rings. The van der Waals surface area contributed by atoms with Crippen molar-refractivity contribution in [1.29, 1.82) is 0 Å². The fourth-order valence-electron chi connectivity index (χ4n) is 1.95. The van der Waals surface area contributed by atoms with Crippen LogP contribution in [0.25, 0.3) is 10.6 Å². The lowest BCUT2D eigenvalue weighted by molar-refractivity contribution is 0.637. The molecule has 108 valence electrons. The summed E-state index contributed by atoms with van der Waals surface area (Å²) in [7, 11) is 0. The molecule has 0 unspecified atom stereocenters. The van der Waals surface area contributed by atoms with Crippen LogP contribution in [-0.4, -0.2) is 23.3 Å². The second-order valence-corrected chi connectivity index (χ2v) is 6.31. The van der Waals surface area contributed by atoms with Gasteiger partial charge >= 0.3 is 0 Å². The van der Waals surface area contributed by atoms with Gasteiger partial charge in [0.05, 0.1) is 0 Å². The molecule has 0 amide bonds. The highest BCUT2D eigenvalue weighted by Gasteiger charge is 2.09. The van der Waals surface area contributed by atoms with Crippen LogP contribution in [0.5, 0.6) is 0 Å². The first-order valence-corrected chi connectivity index (χ1v) is 8.19. The van der Waals surface area contributed by atoms with Crippen LogP contribution in [0.3, 0.4) is 0 Å². The van der Waals surface area contributed by atoms with Gasteiger partial charge in [0.25, 0.3) is 0 Å². The molecule has 1 heterocycles. The third-order valence-corrected chi connectivity index (χ3v) is 4.32. The molecule has 3 nitrogen and oxygen atoms in total. The van der Waals surface area contributed by atoms with Crippen molar-refractivity contribution in [3.05, 3.63) is 33.8 Å². The van der Waals surface area contributed by atoms with Crippen LogP contribution in [0.1, 0.15) is 30.3 Å². The Kier molecular flexibility index (Phi) is 5.95. The summed E-state index contributed by atoms with van der Waals surface area (Å²) in [6.07, 6.45) is 3.26. The van der Waals surface area contributed by atoms with Crippen molar-refractivity contribution in [2.24, 2.45) is 0 Å². The summed E-state index contributed by atoms with van der Waals surface area (Å²) >= 11 is 7.72. The molecule has 0 spiro atoms. The van der Waals surface area contributed by atoms with Crippen LogP contribution < -0.4 is 5.32 Å². The highest BCUT2D eigenvalue weighted by molar-refractivity contribution is 7.14. The average molecular weight is 310 g/mol. The first-order chi connectivity index (χ1) is 9.70. The summed E-state index contributed by atoms with van der Waals surface area (Å²) < 4.78 is 0. The van der Waals surface area contributed by atoms with Crippen LogP contribution in [-0.2, 0) is 6.42 Å². The Hall–Kier alpha value is -0.970. The summed E-state index contributed by atoms with van der Waals surface area (Å²) in [6.45, 7) is 6.38. The molecular formula is C15H20ClN3S. The smallest absolute Gasteiger partial charge is 0.148 e. The number of hydrogen-bond donors (Lipinski definition) is 1. The zero-order chi connectivity index (χ0) is 14.4. The van der Waals surface area contributed by atoms with Gasteiger partial charge in [0.2, 0.25) is 0 Å². The summed E-state index contributed by atoms with van der Waals surface area (Å²) in [5.41, 5.74) is 2.27. The molecule has 1 N–H and O–H groups in total. The standard InChI is InChI=1S/C15H20ClN3S/c1-3-8-17-9-4-5-14-18-19-15(20-14)13-10-12(16)7-6-11(13)2/h6-7,10,17H,3-5,8-9H2,1-2H3. The third kappa shape index (κ3) is 4.27. The van der Waals surface area contributed by atoms with Gasteiger partial charge in [0.15, 0.2) is 0 Å². The molecule has 0 saturated carbocycles. The molecule has 0 atom stereocenters. The van der Waals surface area contributed by atoms with Gasteiger partial charge in [-0.1, -0.05) is 35.9 Å². The van der Waals surface area contributed by atoms with E-state index in [1.807, 2.05) is 18.2 Å². The lowest BCUT2D eigenvalue weighted by Crippen LogP contribution is -2.16. The van der Waals surface area contributed by atoms with Crippen molar-refractivity contribution in [2.75, 3.05) is 13.1 Å². The maximum atomic E-state index is 6.05. The molecule has 2 aromatic rings. The van der Waals surface area contributed by atoms with Crippen molar-refractivity contribution in [1.82, 2.24) is 15.5 Å². The number of aromatic nitrogens is 2. The average Bonchev–Trinajstić information content (AvgIpc) is 2.90. The van der Waals surface area contributed by atoms with Crippen LogP contribution >= 0.6 is 22.9 Å². The van der Waals surface area contributed by atoms with E-state index in [0.29, 0.717) is 0 Å². The second kappa shape index (κ2) is 7.72. The number of hydrogen-bond acceptors (Lipinski definition) is 4. The highest BCUT2D eigenvalue weighted by atomic mass is 35.5. The summed E-state index contributed by atoms with van der Waals surface area (Å²) in [5.74, 6) is 0. The van der Waals surface area contributed by atoms with Crippen molar-refractivity contribution in [3.63, 3.8) is 0 Å². The van der Waals surface area contributed by atoms with Gasteiger partial charge in [-0.15, -0.1) is 10.2 Å². The lowest BCUT2D eigenvalue weighted by atomic mass is 10.1. The number of rotatable bonds is 7. The number of aryl methyl sites for hydroxylation is 2. The van der Waals surface area contributed by atoms with E-state index in [2.05, 4.69) is 29.4 Å². The van der Waals surface area contributed by atoms with E-state index in [4.69, 9.17) is 11.6 Å². The van der Waals surface area contributed by atoms with Crippen LogP contribution in [0.15, 0.2) is 18.2 Å². The Morgan fingerprint density at radius 3 is 2.90 bits per heavy atom. The lowest BCUT2D eigenvalue weighted by Gasteiger charge is -2.01. The Labute approximate surface area is 129 Å². The maximum Gasteiger partial charge on any atom is 0.148 e. The quantitative estimate of drug-likeness (QED) is 0.783. The van der Waals surface area contributed by atoms with E-state index in [-0.39, 0.29) is 0 Å². The summed E-state index contributed by atoms with van der Waals surface area (Å²) in [6, 6.07) is 5.89. The molecule has 20 heavy (non-hydrogen) atoms. The number of nitrogens with zero attached hydrogens (tertiary/aromatic N) is 2. The first-order valence-electron chi connectivity index (χ1n) is 7.00. The maximum absolute atomic E-state index is 6.05. The number of nitrogens with one attached hydrogen (secondary N) is 1. The minimum Gasteiger partial charge on any atom is -0.317 e. The van der Waals surface area contributed by atoms with Crippen LogP contribution in [0, 0.1) is 6.92 Å². The zero-order valence-corrected chi connectivity index (χ0v) is 13.5.